The van der Waals surface area contributed by atoms with Gasteiger partial charge in [-0.05, 0) is 24.3 Å². The van der Waals surface area contributed by atoms with Crippen LogP contribution >= 0.6 is 11.8 Å². The number of nitrogen functional groups attached to an aromatic ring is 1. The zero-order chi connectivity index (χ0) is 13.2. The van der Waals surface area contributed by atoms with E-state index in [0.717, 1.165) is 23.7 Å². The Labute approximate surface area is 112 Å². The van der Waals surface area contributed by atoms with Crippen LogP contribution in [-0.2, 0) is 9.53 Å². The van der Waals surface area contributed by atoms with Gasteiger partial charge < -0.3 is 15.2 Å². The van der Waals surface area contributed by atoms with Gasteiger partial charge >= 0.3 is 5.97 Å². The fourth-order valence-corrected chi connectivity index (χ4v) is 2.15. The van der Waals surface area contributed by atoms with Crippen molar-refractivity contribution in [1.29, 1.82) is 0 Å². The van der Waals surface area contributed by atoms with E-state index in [1.807, 2.05) is 24.3 Å². The Balaban J connectivity index is 2.00. The van der Waals surface area contributed by atoms with Crippen LogP contribution < -0.4 is 10.5 Å². The summed E-state index contributed by atoms with van der Waals surface area (Å²) in [5, 5.41) is 0. The highest BCUT2D eigenvalue weighted by molar-refractivity contribution is 7.99. The summed E-state index contributed by atoms with van der Waals surface area (Å²) in [6, 6.07) is 7.40. The highest BCUT2D eigenvalue weighted by Crippen LogP contribution is 2.15. The minimum Gasteiger partial charge on any atom is -0.493 e. The fourth-order valence-electron chi connectivity index (χ4n) is 1.31. The van der Waals surface area contributed by atoms with Crippen LogP contribution in [-0.4, -0.2) is 31.2 Å². The summed E-state index contributed by atoms with van der Waals surface area (Å²) in [5.41, 5.74) is 6.35. The first-order valence-corrected chi connectivity index (χ1v) is 7.00. The van der Waals surface area contributed by atoms with Gasteiger partial charge in [0.15, 0.2) is 0 Å². The number of rotatable bonds is 8. The summed E-state index contributed by atoms with van der Waals surface area (Å²) in [6.45, 7) is 0.661. The van der Waals surface area contributed by atoms with Gasteiger partial charge in [0.1, 0.15) is 5.75 Å². The normalized spacial score (nSPS) is 10.1. The standard InChI is InChI=1S/C13H19NO3S/c1-16-13(15)6-9-18-8-3-7-17-12-5-2-4-11(14)10-12/h2,4-5,10H,3,6-9,14H2,1H3. The van der Waals surface area contributed by atoms with E-state index >= 15 is 0 Å². The fraction of sp³-hybridized carbons (Fsp3) is 0.462. The molecule has 100 valence electrons. The van der Waals surface area contributed by atoms with Crippen molar-refractivity contribution in [2.45, 2.75) is 12.8 Å². The molecule has 0 fully saturated rings. The first-order chi connectivity index (χ1) is 8.72. The molecular weight excluding hydrogens is 250 g/mol. The van der Waals surface area contributed by atoms with Crippen molar-refractivity contribution in [3.63, 3.8) is 0 Å². The van der Waals surface area contributed by atoms with Crippen molar-refractivity contribution >= 4 is 23.4 Å². The van der Waals surface area contributed by atoms with Gasteiger partial charge in [0.25, 0.3) is 0 Å². The van der Waals surface area contributed by atoms with E-state index in [-0.39, 0.29) is 5.97 Å². The SMILES string of the molecule is COC(=O)CCSCCCOc1cccc(N)c1. The number of thioether (sulfide) groups is 1. The smallest absolute Gasteiger partial charge is 0.306 e. The number of benzene rings is 1. The molecule has 1 rings (SSSR count). The lowest BCUT2D eigenvalue weighted by atomic mass is 10.3. The first kappa shape index (κ1) is 14.7. The third-order valence-electron chi connectivity index (χ3n) is 2.24. The number of anilines is 1. The van der Waals surface area contributed by atoms with Crippen LogP contribution in [0.4, 0.5) is 5.69 Å². The molecule has 5 heteroatoms. The average Bonchev–Trinajstić information content (AvgIpc) is 2.37. The quantitative estimate of drug-likeness (QED) is 0.446. The Morgan fingerprint density at radius 3 is 2.94 bits per heavy atom. The van der Waals surface area contributed by atoms with Crippen LogP contribution in [0.15, 0.2) is 24.3 Å². The van der Waals surface area contributed by atoms with Crippen LogP contribution in [0.1, 0.15) is 12.8 Å². The molecule has 0 saturated carbocycles. The van der Waals surface area contributed by atoms with Crippen molar-refractivity contribution in [3.05, 3.63) is 24.3 Å². The van der Waals surface area contributed by atoms with E-state index in [2.05, 4.69) is 4.74 Å². The van der Waals surface area contributed by atoms with Gasteiger partial charge in [0.05, 0.1) is 20.1 Å². The van der Waals surface area contributed by atoms with E-state index < -0.39 is 0 Å². The Bertz CT molecular complexity index is 371. The highest BCUT2D eigenvalue weighted by Gasteiger charge is 1.99. The molecule has 0 atom stereocenters. The molecule has 0 saturated heterocycles. The molecule has 1 aromatic carbocycles. The molecule has 0 unspecified atom stereocenters. The van der Waals surface area contributed by atoms with Crippen LogP contribution in [0.2, 0.25) is 0 Å². The molecule has 0 bridgehead atoms. The number of methoxy groups -OCH3 is 1. The minimum absolute atomic E-state index is 0.154. The zero-order valence-electron chi connectivity index (χ0n) is 10.6. The monoisotopic (exact) mass is 269 g/mol. The summed E-state index contributed by atoms with van der Waals surface area (Å²) >= 11 is 1.73. The van der Waals surface area contributed by atoms with Crippen molar-refractivity contribution in [2.24, 2.45) is 0 Å². The van der Waals surface area contributed by atoms with Gasteiger partial charge in [-0.3, -0.25) is 4.79 Å². The maximum atomic E-state index is 10.8. The van der Waals surface area contributed by atoms with Crippen LogP contribution in [0.3, 0.4) is 0 Å². The average molecular weight is 269 g/mol. The maximum Gasteiger partial charge on any atom is 0.306 e. The summed E-state index contributed by atoms with van der Waals surface area (Å²) in [4.78, 5) is 10.8. The maximum absolute atomic E-state index is 10.8. The second-order valence-electron chi connectivity index (χ2n) is 3.71. The van der Waals surface area contributed by atoms with Gasteiger partial charge in [-0.25, -0.2) is 0 Å². The molecule has 18 heavy (non-hydrogen) atoms. The number of esters is 1. The van der Waals surface area contributed by atoms with Crippen LogP contribution in [0.5, 0.6) is 5.75 Å². The van der Waals surface area contributed by atoms with Crippen molar-refractivity contribution in [1.82, 2.24) is 0 Å². The highest BCUT2D eigenvalue weighted by atomic mass is 32.2. The van der Waals surface area contributed by atoms with Gasteiger partial charge in [-0.1, -0.05) is 6.07 Å². The van der Waals surface area contributed by atoms with E-state index in [0.29, 0.717) is 18.7 Å². The predicted molar refractivity (Wildman–Crippen MR) is 74.9 cm³/mol. The molecule has 4 nitrogen and oxygen atoms in total. The van der Waals surface area contributed by atoms with Crippen LogP contribution in [0.25, 0.3) is 0 Å². The Kier molecular flexibility index (Phi) is 7.10. The molecule has 0 amide bonds. The summed E-state index contributed by atoms with van der Waals surface area (Å²) < 4.78 is 10.1. The topological polar surface area (TPSA) is 61.5 Å². The predicted octanol–water partition coefficient (Wildman–Crippen LogP) is 2.33. The number of ether oxygens (including phenoxy) is 2. The van der Waals surface area contributed by atoms with E-state index in [4.69, 9.17) is 10.5 Å². The van der Waals surface area contributed by atoms with Crippen LogP contribution in [0, 0.1) is 0 Å². The minimum atomic E-state index is -0.154. The summed E-state index contributed by atoms with van der Waals surface area (Å²) in [6.07, 6.45) is 1.41. The Morgan fingerprint density at radius 1 is 1.39 bits per heavy atom. The number of nitrogens with two attached hydrogens (primary N) is 1. The second-order valence-corrected chi connectivity index (χ2v) is 4.94. The van der Waals surface area contributed by atoms with Gasteiger partial charge in [-0.15, -0.1) is 0 Å². The third-order valence-corrected chi connectivity index (χ3v) is 3.31. The molecular formula is C13H19NO3S. The molecule has 0 aliphatic rings. The molecule has 1 aromatic rings. The second kappa shape index (κ2) is 8.69. The summed E-state index contributed by atoms with van der Waals surface area (Å²) in [5.74, 6) is 2.41. The Hall–Kier alpha value is -1.36. The van der Waals surface area contributed by atoms with Crippen molar-refractivity contribution in [3.8, 4) is 5.75 Å². The van der Waals surface area contributed by atoms with Crippen molar-refractivity contribution < 1.29 is 14.3 Å². The van der Waals surface area contributed by atoms with Gasteiger partial charge in [-0.2, -0.15) is 11.8 Å². The lowest BCUT2D eigenvalue weighted by molar-refractivity contribution is -0.140. The molecule has 0 radical (unpaired) electrons. The molecule has 0 aliphatic carbocycles. The molecule has 0 spiro atoms. The zero-order valence-corrected chi connectivity index (χ0v) is 11.4. The van der Waals surface area contributed by atoms with Gasteiger partial charge in [0, 0.05) is 17.5 Å². The van der Waals surface area contributed by atoms with E-state index in [1.54, 1.807) is 11.8 Å². The number of hydrogen-bond acceptors (Lipinski definition) is 5. The lowest BCUT2D eigenvalue weighted by Crippen LogP contribution is -2.03. The largest absolute Gasteiger partial charge is 0.493 e. The molecule has 2 N–H and O–H groups in total. The molecule has 0 aromatic heterocycles. The lowest BCUT2D eigenvalue weighted by Gasteiger charge is -2.06. The molecule has 0 aliphatic heterocycles. The van der Waals surface area contributed by atoms with E-state index in [9.17, 15) is 4.79 Å². The van der Waals surface area contributed by atoms with E-state index in [1.165, 1.54) is 7.11 Å². The Morgan fingerprint density at radius 2 is 2.22 bits per heavy atom. The molecule has 0 heterocycles. The summed E-state index contributed by atoms with van der Waals surface area (Å²) in [7, 11) is 1.41. The number of hydrogen-bond donors (Lipinski definition) is 1. The van der Waals surface area contributed by atoms with Gasteiger partial charge in [0.2, 0.25) is 0 Å². The first-order valence-electron chi connectivity index (χ1n) is 5.85. The number of carbonyl (C=O) groups is 1. The van der Waals surface area contributed by atoms with Crippen molar-refractivity contribution in [2.75, 3.05) is 31.0 Å². The third kappa shape index (κ3) is 6.39. The number of carbonyl (C=O) groups excluding carboxylic acids is 1.